The number of carboxylic acids is 1. The molecule has 18 heavy (non-hydrogen) atoms. The Morgan fingerprint density at radius 3 is 2.56 bits per heavy atom. The maximum atomic E-state index is 11.8. The van der Waals surface area contributed by atoms with Crippen molar-refractivity contribution in [1.82, 2.24) is 9.80 Å². The standard InChI is InChI=1S/C12H19N3O3/c1-14(6-2-5-13)11(16)9-15-7-3-10(4-8-15)12(17)18/h10H,2-4,6-9H2,1H3,(H,17,18). The van der Waals surface area contributed by atoms with E-state index in [-0.39, 0.29) is 11.8 Å². The van der Waals surface area contributed by atoms with Crippen molar-refractivity contribution in [3.05, 3.63) is 0 Å². The van der Waals surface area contributed by atoms with Gasteiger partial charge in [0.1, 0.15) is 0 Å². The van der Waals surface area contributed by atoms with Gasteiger partial charge >= 0.3 is 5.97 Å². The Balaban J connectivity index is 2.30. The highest BCUT2D eigenvalue weighted by Crippen LogP contribution is 2.16. The van der Waals surface area contributed by atoms with Crippen molar-refractivity contribution < 1.29 is 14.7 Å². The van der Waals surface area contributed by atoms with Crippen LogP contribution in [0.25, 0.3) is 0 Å². The minimum atomic E-state index is -0.743. The molecular formula is C12H19N3O3. The number of nitriles is 1. The van der Waals surface area contributed by atoms with Crippen LogP contribution in [-0.2, 0) is 9.59 Å². The highest BCUT2D eigenvalue weighted by Gasteiger charge is 2.25. The van der Waals surface area contributed by atoms with E-state index in [1.807, 2.05) is 11.0 Å². The fourth-order valence-electron chi connectivity index (χ4n) is 1.99. The number of amides is 1. The molecule has 0 bridgehead atoms. The number of likely N-dealkylation sites (N-methyl/N-ethyl adjacent to an activating group) is 1. The summed E-state index contributed by atoms with van der Waals surface area (Å²) in [6, 6.07) is 2.00. The van der Waals surface area contributed by atoms with Crippen LogP contribution >= 0.6 is 0 Å². The minimum absolute atomic E-state index is 0.0148. The lowest BCUT2D eigenvalue weighted by Gasteiger charge is -2.30. The van der Waals surface area contributed by atoms with E-state index in [9.17, 15) is 9.59 Å². The second-order valence-corrected chi connectivity index (χ2v) is 4.61. The summed E-state index contributed by atoms with van der Waals surface area (Å²) in [5.41, 5.74) is 0. The van der Waals surface area contributed by atoms with Crippen molar-refractivity contribution in [2.75, 3.05) is 33.2 Å². The number of piperidine rings is 1. The van der Waals surface area contributed by atoms with Gasteiger partial charge in [-0.1, -0.05) is 0 Å². The number of nitrogens with zero attached hydrogens (tertiary/aromatic N) is 3. The van der Waals surface area contributed by atoms with Crippen LogP contribution in [0.5, 0.6) is 0 Å². The topological polar surface area (TPSA) is 84.6 Å². The Morgan fingerprint density at radius 2 is 2.06 bits per heavy atom. The molecule has 1 N–H and O–H groups in total. The molecule has 1 heterocycles. The van der Waals surface area contributed by atoms with Gasteiger partial charge in [0.15, 0.2) is 0 Å². The Hall–Kier alpha value is -1.61. The molecule has 0 aliphatic carbocycles. The van der Waals surface area contributed by atoms with E-state index in [2.05, 4.69) is 0 Å². The van der Waals surface area contributed by atoms with Gasteiger partial charge in [-0.2, -0.15) is 5.26 Å². The molecule has 6 heteroatoms. The predicted octanol–water partition coefficient (Wildman–Crippen LogP) is 0.155. The van der Waals surface area contributed by atoms with Crippen LogP contribution in [0.3, 0.4) is 0 Å². The molecule has 0 aromatic carbocycles. The van der Waals surface area contributed by atoms with Crippen molar-refractivity contribution in [3.8, 4) is 6.07 Å². The van der Waals surface area contributed by atoms with Crippen LogP contribution in [-0.4, -0.2) is 60.0 Å². The molecule has 1 amide bonds. The van der Waals surface area contributed by atoms with Crippen LogP contribution in [0.1, 0.15) is 19.3 Å². The van der Waals surface area contributed by atoms with Gasteiger partial charge in [-0.3, -0.25) is 14.5 Å². The van der Waals surface area contributed by atoms with Gasteiger partial charge in [-0.15, -0.1) is 0 Å². The third-order valence-electron chi connectivity index (χ3n) is 3.28. The molecule has 0 spiro atoms. The van der Waals surface area contributed by atoms with Crippen molar-refractivity contribution in [2.24, 2.45) is 5.92 Å². The Morgan fingerprint density at radius 1 is 1.44 bits per heavy atom. The van der Waals surface area contributed by atoms with Gasteiger partial charge in [0, 0.05) is 13.6 Å². The molecule has 1 aliphatic rings. The summed E-state index contributed by atoms with van der Waals surface area (Å²) in [5.74, 6) is -1.03. The summed E-state index contributed by atoms with van der Waals surface area (Å²) >= 11 is 0. The van der Waals surface area contributed by atoms with Gasteiger partial charge in [0.2, 0.25) is 5.91 Å². The first-order valence-corrected chi connectivity index (χ1v) is 6.10. The third kappa shape index (κ3) is 4.34. The van der Waals surface area contributed by atoms with Gasteiger partial charge in [-0.05, 0) is 25.9 Å². The number of carbonyl (C=O) groups excluding carboxylic acids is 1. The SMILES string of the molecule is CN(CCC#N)C(=O)CN1CCC(C(=O)O)CC1. The van der Waals surface area contributed by atoms with Crippen molar-refractivity contribution in [3.63, 3.8) is 0 Å². The van der Waals surface area contributed by atoms with Crippen LogP contribution in [0.2, 0.25) is 0 Å². The minimum Gasteiger partial charge on any atom is -0.481 e. The van der Waals surface area contributed by atoms with Crippen molar-refractivity contribution >= 4 is 11.9 Å². The first kappa shape index (κ1) is 14.5. The molecule has 1 rings (SSSR count). The van der Waals surface area contributed by atoms with E-state index in [0.29, 0.717) is 45.4 Å². The molecule has 0 unspecified atom stereocenters. The molecular weight excluding hydrogens is 234 g/mol. The molecule has 0 atom stereocenters. The van der Waals surface area contributed by atoms with Crippen LogP contribution in [0, 0.1) is 17.2 Å². The average molecular weight is 253 g/mol. The maximum Gasteiger partial charge on any atom is 0.306 e. The molecule has 0 saturated carbocycles. The Bertz CT molecular complexity index is 343. The maximum absolute atomic E-state index is 11.8. The molecule has 1 fully saturated rings. The predicted molar refractivity (Wildman–Crippen MR) is 64.7 cm³/mol. The lowest BCUT2D eigenvalue weighted by molar-refractivity contribution is -0.143. The van der Waals surface area contributed by atoms with E-state index in [0.717, 1.165) is 0 Å². The normalized spacial score (nSPS) is 17.1. The summed E-state index contributed by atoms with van der Waals surface area (Å²) in [6.45, 7) is 2.05. The first-order chi connectivity index (χ1) is 8.54. The number of hydrogen-bond donors (Lipinski definition) is 1. The third-order valence-corrected chi connectivity index (χ3v) is 3.28. The summed E-state index contributed by atoms with van der Waals surface area (Å²) in [7, 11) is 1.68. The number of rotatable bonds is 5. The van der Waals surface area contributed by atoms with E-state index in [1.165, 1.54) is 0 Å². The average Bonchev–Trinajstić information content (AvgIpc) is 2.36. The molecule has 0 aromatic rings. The van der Waals surface area contributed by atoms with Crippen LogP contribution in [0.4, 0.5) is 0 Å². The summed E-state index contributed by atoms with van der Waals surface area (Å²) < 4.78 is 0. The van der Waals surface area contributed by atoms with E-state index in [1.54, 1.807) is 11.9 Å². The molecule has 0 aromatic heterocycles. The highest BCUT2D eigenvalue weighted by atomic mass is 16.4. The summed E-state index contributed by atoms with van der Waals surface area (Å²) in [4.78, 5) is 26.1. The number of carbonyl (C=O) groups is 2. The molecule has 1 saturated heterocycles. The number of likely N-dealkylation sites (tertiary alicyclic amines) is 1. The van der Waals surface area contributed by atoms with E-state index >= 15 is 0 Å². The monoisotopic (exact) mass is 253 g/mol. The van der Waals surface area contributed by atoms with Crippen molar-refractivity contribution in [1.29, 1.82) is 5.26 Å². The molecule has 100 valence electrons. The highest BCUT2D eigenvalue weighted by molar-refractivity contribution is 5.78. The fraction of sp³-hybridized carbons (Fsp3) is 0.750. The second kappa shape index (κ2) is 6.97. The molecule has 6 nitrogen and oxygen atoms in total. The Labute approximate surface area is 107 Å². The summed E-state index contributed by atoms with van der Waals surface area (Å²) in [5, 5.41) is 17.3. The smallest absolute Gasteiger partial charge is 0.306 e. The zero-order valence-electron chi connectivity index (χ0n) is 10.6. The lowest BCUT2D eigenvalue weighted by atomic mass is 9.97. The summed E-state index contributed by atoms with van der Waals surface area (Å²) in [6.07, 6.45) is 1.54. The quantitative estimate of drug-likeness (QED) is 0.754. The van der Waals surface area contributed by atoms with Gasteiger partial charge in [0.05, 0.1) is 25.0 Å². The zero-order chi connectivity index (χ0) is 13.5. The number of aliphatic carboxylic acids is 1. The van der Waals surface area contributed by atoms with E-state index in [4.69, 9.17) is 10.4 Å². The van der Waals surface area contributed by atoms with Gasteiger partial charge < -0.3 is 10.0 Å². The molecule has 0 radical (unpaired) electrons. The fourth-order valence-corrected chi connectivity index (χ4v) is 1.99. The zero-order valence-corrected chi connectivity index (χ0v) is 10.6. The number of carboxylic acid groups (broad SMARTS) is 1. The first-order valence-electron chi connectivity index (χ1n) is 6.10. The molecule has 1 aliphatic heterocycles. The van der Waals surface area contributed by atoms with E-state index < -0.39 is 5.97 Å². The van der Waals surface area contributed by atoms with Gasteiger partial charge in [0.25, 0.3) is 0 Å². The van der Waals surface area contributed by atoms with Crippen LogP contribution in [0.15, 0.2) is 0 Å². The van der Waals surface area contributed by atoms with Gasteiger partial charge in [-0.25, -0.2) is 0 Å². The largest absolute Gasteiger partial charge is 0.481 e. The Kier molecular flexibility index (Phi) is 5.59. The van der Waals surface area contributed by atoms with Crippen molar-refractivity contribution in [2.45, 2.75) is 19.3 Å². The number of hydrogen-bond acceptors (Lipinski definition) is 4. The lowest BCUT2D eigenvalue weighted by Crippen LogP contribution is -2.43. The van der Waals surface area contributed by atoms with Crippen LogP contribution < -0.4 is 0 Å². The second-order valence-electron chi connectivity index (χ2n) is 4.61.